The summed E-state index contributed by atoms with van der Waals surface area (Å²) in [7, 11) is 1.59. The van der Waals surface area contributed by atoms with Crippen molar-refractivity contribution in [1.29, 1.82) is 0 Å². The molecule has 6 heteroatoms. The van der Waals surface area contributed by atoms with Gasteiger partial charge in [0.25, 0.3) is 0 Å². The molecule has 0 aromatic heterocycles. The maximum absolute atomic E-state index is 13.3. The molecule has 1 aromatic carbocycles. The summed E-state index contributed by atoms with van der Waals surface area (Å²) in [5, 5.41) is 2.08. The Kier molecular flexibility index (Phi) is 6.09. The van der Waals surface area contributed by atoms with E-state index in [-0.39, 0.29) is 5.91 Å². The van der Waals surface area contributed by atoms with E-state index in [9.17, 15) is 18.4 Å². The van der Waals surface area contributed by atoms with E-state index < -0.39 is 29.6 Å². The molecule has 0 saturated carbocycles. The Morgan fingerprint density at radius 2 is 1.85 bits per heavy atom. The minimum atomic E-state index is -0.870. The zero-order valence-corrected chi connectivity index (χ0v) is 11.6. The Morgan fingerprint density at radius 1 is 1.25 bits per heavy atom. The highest BCUT2D eigenvalue weighted by molar-refractivity contribution is 6.03. The molecular weight excluding hydrogens is 266 g/mol. The predicted octanol–water partition coefficient (Wildman–Crippen LogP) is 2.55. The number of benzene rings is 1. The first-order valence-electron chi connectivity index (χ1n) is 6.43. The number of hydrogen-bond donors (Lipinski definition) is 1. The fraction of sp³-hybridized carbons (Fsp3) is 0.429. The van der Waals surface area contributed by atoms with Crippen molar-refractivity contribution in [2.24, 2.45) is 0 Å². The topological polar surface area (TPSA) is 49.4 Å². The molecule has 0 radical (unpaired) electrons. The third-order valence-corrected chi connectivity index (χ3v) is 2.81. The largest absolute Gasteiger partial charge is 0.345 e. The van der Waals surface area contributed by atoms with Gasteiger partial charge in [0.05, 0.1) is 0 Å². The van der Waals surface area contributed by atoms with Crippen LogP contribution in [0.4, 0.5) is 14.5 Å². The lowest BCUT2D eigenvalue weighted by molar-refractivity contribution is -0.133. The van der Waals surface area contributed by atoms with Crippen LogP contribution < -0.4 is 5.32 Å². The van der Waals surface area contributed by atoms with Gasteiger partial charge in [0, 0.05) is 13.6 Å². The van der Waals surface area contributed by atoms with Crippen LogP contribution in [0.2, 0.25) is 0 Å². The second-order valence-corrected chi connectivity index (χ2v) is 4.49. The van der Waals surface area contributed by atoms with Gasteiger partial charge in [-0.15, -0.1) is 0 Å². The van der Waals surface area contributed by atoms with Crippen molar-refractivity contribution in [3.8, 4) is 0 Å². The zero-order valence-electron chi connectivity index (χ0n) is 11.6. The number of carbonyl (C=O) groups is 2. The number of para-hydroxylation sites is 1. The molecule has 0 aliphatic carbocycles. The molecule has 0 unspecified atom stereocenters. The van der Waals surface area contributed by atoms with Crippen LogP contribution >= 0.6 is 0 Å². The molecule has 110 valence electrons. The lowest BCUT2D eigenvalue weighted by Crippen LogP contribution is -2.31. The van der Waals surface area contributed by atoms with Crippen LogP contribution in [0.25, 0.3) is 0 Å². The Morgan fingerprint density at radius 3 is 2.40 bits per heavy atom. The molecule has 0 fully saturated rings. The van der Waals surface area contributed by atoms with Crippen LogP contribution in [0.15, 0.2) is 18.2 Å². The van der Waals surface area contributed by atoms with E-state index in [4.69, 9.17) is 0 Å². The van der Waals surface area contributed by atoms with E-state index in [2.05, 4.69) is 5.32 Å². The van der Waals surface area contributed by atoms with Gasteiger partial charge in [0.15, 0.2) is 0 Å². The number of anilines is 1. The van der Waals surface area contributed by atoms with Gasteiger partial charge in [-0.25, -0.2) is 8.78 Å². The molecule has 1 aromatic rings. The first kappa shape index (κ1) is 16.1. The van der Waals surface area contributed by atoms with E-state index in [1.165, 1.54) is 11.0 Å². The molecule has 0 atom stereocenters. The van der Waals surface area contributed by atoms with Crippen molar-refractivity contribution in [3.05, 3.63) is 29.8 Å². The van der Waals surface area contributed by atoms with Crippen molar-refractivity contribution in [3.63, 3.8) is 0 Å². The fourth-order valence-corrected chi connectivity index (χ4v) is 1.59. The maximum atomic E-state index is 13.3. The Labute approximate surface area is 116 Å². The molecule has 0 bridgehead atoms. The minimum Gasteiger partial charge on any atom is -0.345 e. The van der Waals surface area contributed by atoms with Crippen LogP contribution in [0.3, 0.4) is 0 Å². The average molecular weight is 284 g/mol. The molecule has 0 spiro atoms. The Hall–Kier alpha value is -1.98. The average Bonchev–Trinajstić information content (AvgIpc) is 2.40. The van der Waals surface area contributed by atoms with Gasteiger partial charge in [-0.3, -0.25) is 9.59 Å². The summed E-state index contributed by atoms with van der Waals surface area (Å²) < 4.78 is 26.6. The van der Waals surface area contributed by atoms with Gasteiger partial charge in [0.1, 0.15) is 23.7 Å². The number of hydrogen-bond acceptors (Lipinski definition) is 2. The van der Waals surface area contributed by atoms with E-state index in [0.29, 0.717) is 6.54 Å². The van der Waals surface area contributed by atoms with Gasteiger partial charge in [-0.1, -0.05) is 19.4 Å². The van der Waals surface area contributed by atoms with Crippen molar-refractivity contribution >= 4 is 17.5 Å². The molecule has 2 amide bonds. The van der Waals surface area contributed by atoms with Crippen LogP contribution in [0.1, 0.15) is 26.2 Å². The van der Waals surface area contributed by atoms with Crippen LogP contribution in [-0.4, -0.2) is 30.3 Å². The van der Waals surface area contributed by atoms with Gasteiger partial charge >= 0.3 is 0 Å². The van der Waals surface area contributed by atoms with Gasteiger partial charge in [-0.05, 0) is 18.6 Å². The highest BCUT2D eigenvalue weighted by Crippen LogP contribution is 2.18. The smallest absolute Gasteiger partial charge is 0.233 e. The maximum Gasteiger partial charge on any atom is 0.233 e. The quantitative estimate of drug-likeness (QED) is 0.816. The SMILES string of the molecule is CCCCN(C)C(=O)CC(=O)Nc1c(F)cccc1F. The molecule has 0 aliphatic rings. The summed E-state index contributed by atoms with van der Waals surface area (Å²) in [5.74, 6) is -2.86. The molecule has 0 aliphatic heterocycles. The summed E-state index contributed by atoms with van der Waals surface area (Å²) >= 11 is 0. The van der Waals surface area contributed by atoms with Gasteiger partial charge in [0.2, 0.25) is 11.8 Å². The van der Waals surface area contributed by atoms with Crippen LogP contribution in [-0.2, 0) is 9.59 Å². The zero-order chi connectivity index (χ0) is 15.1. The monoisotopic (exact) mass is 284 g/mol. The van der Waals surface area contributed by atoms with E-state index >= 15 is 0 Å². The van der Waals surface area contributed by atoms with E-state index in [1.54, 1.807) is 7.05 Å². The second-order valence-electron chi connectivity index (χ2n) is 4.49. The van der Waals surface area contributed by atoms with E-state index in [0.717, 1.165) is 25.0 Å². The number of halogens is 2. The third kappa shape index (κ3) is 4.60. The lowest BCUT2D eigenvalue weighted by Gasteiger charge is -2.16. The molecule has 4 nitrogen and oxygen atoms in total. The Balaban J connectivity index is 2.57. The first-order valence-corrected chi connectivity index (χ1v) is 6.43. The van der Waals surface area contributed by atoms with Gasteiger partial charge < -0.3 is 10.2 Å². The first-order chi connectivity index (χ1) is 9.45. The number of nitrogens with one attached hydrogen (secondary N) is 1. The molecule has 0 heterocycles. The summed E-state index contributed by atoms with van der Waals surface area (Å²) in [6.45, 7) is 2.54. The highest BCUT2D eigenvalue weighted by Gasteiger charge is 2.16. The minimum absolute atomic E-state index is 0.382. The summed E-state index contributed by atoms with van der Waals surface area (Å²) in [5.41, 5.74) is -0.526. The fourth-order valence-electron chi connectivity index (χ4n) is 1.59. The van der Waals surface area contributed by atoms with Crippen molar-refractivity contribution < 1.29 is 18.4 Å². The summed E-state index contributed by atoms with van der Waals surface area (Å²) in [6, 6.07) is 3.27. The van der Waals surface area contributed by atoms with E-state index in [1.807, 2.05) is 6.92 Å². The van der Waals surface area contributed by atoms with Crippen LogP contribution in [0, 0.1) is 11.6 Å². The number of nitrogens with zero attached hydrogens (tertiary/aromatic N) is 1. The highest BCUT2D eigenvalue weighted by atomic mass is 19.1. The molecule has 0 saturated heterocycles. The van der Waals surface area contributed by atoms with Crippen molar-refractivity contribution in [1.82, 2.24) is 4.90 Å². The lowest BCUT2D eigenvalue weighted by atomic mass is 10.2. The molecular formula is C14H18F2N2O2. The standard InChI is InChI=1S/C14H18F2N2O2/c1-3-4-8-18(2)13(20)9-12(19)17-14-10(15)6-5-7-11(14)16/h5-7H,3-4,8-9H2,1-2H3,(H,17,19). The van der Waals surface area contributed by atoms with Gasteiger partial charge in [-0.2, -0.15) is 0 Å². The van der Waals surface area contributed by atoms with Crippen molar-refractivity contribution in [2.75, 3.05) is 18.9 Å². The Bertz CT molecular complexity index is 472. The molecule has 20 heavy (non-hydrogen) atoms. The number of rotatable bonds is 6. The third-order valence-electron chi connectivity index (χ3n) is 2.81. The number of amides is 2. The molecule has 1 rings (SSSR count). The summed E-state index contributed by atoms with van der Waals surface area (Å²) in [4.78, 5) is 24.7. The summed E-state index contributed by atoms with van der Waals surface area (Å²) in [6.07, 6.45) is 1.34. The normalized spacial score (nSPS) is 10.2. The van der Waals surface area contributed by atoms with Crippen molar-refractivity contribution in [2.45, 2.75) is 26.2 Å². The number of carbonyl (C=O) groups excluding carboxylic acids is 2. The molecule has 1 N–H and O–H groups in total. The van der Waals surface area contributed by atoms with Crippen LogP contribution in [0.5, 0.6) is 0 Å². The second kappa shape index (κ2) is 7.57. The number of unbranched alkanes of at least 4 members (excludes halogenated alkanes) is 1. The predicted molar refractivity (Wildman–Crippen MR) is 72.1 cm³/mol.